The molecular formula is C17H18ClNO4S. The standard InChI is InChI=1S/C17H18ClNO4S/c18-9-1-2-13-3-6-15(7-4-13)24(20,21)19-14-5-8-16-17(12-14)23-11-10-22-16/h3-8,12,19H,1-2,9-11H2. The van der Waals surface area contributed by atoms with Crippen molar-refractivity contribution >= 4 is 27.3 Å². The predicted octanol–water partition coefficient (Wildman–Crippen LogP) is 3.43. The molecule has 1 heterocycles. The van der Waals surface area contributed by atoms with Crippen LogP contribution in [-0.4, -0.2) is 27.5 Å². The van der Waals surface area contributed by atoms with Crippen LogP contribution in [0.25, 0.3) is 0 Å². The maximum atomic E-state index is 12.5. The van der Waals surface area contributed by atoms with Crippen molar-refractivity contribution < 1.29 is 17.9 Å². The van der Waals surface area contributed by atoms with E-state index in [2.05, 4.69) is 4.72 Å². The second-order valence-electron chi connectivity index (χ2n) is 5.40. The van der Waals surface area contributed by atoms with Crippen LogP contribution in [0, 0.1) is 0 Å². The van der Waals surface area contributed by atoms with E-state index in [0.29, 0.717) is 36.3 Å². The molecule has 0 radical (unpaired) electrons. The number of sulfonamides is 1. The Morgan fingerprint density at radius 2 is 1.71 bits per heavy atom. The Morgan fingerprint density at radius 1 is 1.00 bits per heavy atom. The summed E-state index contributed by atoms with van der Waals surface area (Å²) in [5.74, 6) is 1.75. The monoisotopic (exact) mass is 367 g/mol. The van der Waals surface area contributed by atoms with Crippen LogP contribution < -0.4 is 14.2 Å². The molecule has 0 bridgehead atoms. The Labute approximate surface area is 146 Å². The van der Waals surface area contributed by atoms with Crippen molar-refractivity contribution in [1.29, 1.82) is 0 Å². The zero-order chi connectivity index (χ0) is 17.0. The van der Waals surface area contributed by atoms with Crippen molar-refractivity contribution in [2.45, 2.75) is 17.7 Å². The zero-order valence-corrected chi connectivity index (χ0v) is 14.6. The van der Waals surface area contributed by atoms with Crippen LogP contribution in [-0.2, 0) is 16.4 Å². The summed E-state index contributed by atoms with van der Waals surface area (Å²) in [6.07, 6.45) is 1.70. The third-order valence-corrected chi connectivity index (χ3v) is 5.29. The lowest BCUT2D eigenvalue weighted by atomic mass is 10.1. The minimum absolute atomic E-state index is 0.215. The summed E-state index contributed by atoms with van der Waals surface area (Å²) in [6.45, 7) is 0.946. The molecule has 0 unspecified atom stereocenters. The van der Waals surface area contributed by atoms with Gasteiger partial charge in [0.05, 0.1) is 10.6 Å². The lowest BCUT2D eigenvalue weighted by Crippen LogP contribution is -2.16. The molecule has 0 fully saturated rings. The van der Waals surface area contributed by atoms with Gasteiger partial charge in [-0.25, -0.2) is 8.42 Å². The number of halogens is 1. The molecule has 1 aliphatic heterocycles. The molecule has 3 rings (SSSR count). The van der Waals surface area contributed by atoms with Crippen LogP contribution in [0.2, 0.25) is 0 Å². The molecule has 0 saturated heterocycles. The smallest absolute Gasteiger partial charge is 0.261 e. The number of ether oxygens (including phenoxy) is 2. The minimum atomic E-state index is -3.65. The summed E-state index contributed by atoms with van der Waals surface area (Å²) in [5, 5.41) is 0. The number of benzene rings is 2. The Kier molecular flexibility index (Phi) is 5.16. The molecule has 24 heavy (non-hydrogen) atoms. The Hall–Kier alpha value is -1.92. The highest BCUT2D eigenvalue weighted by molar-refractivity contribution is 7.92. The van der Waals surface area contributed by atoms with Gasteiger partial charge in [-0.05, 0) is 42.7 Å². The third-order valence-electron chi connectivity index (χ3n) is 3.63. The number of fused-ring (bicyclic) bond motifs is 1. The van der Waals surface area contributed by atoms with E-state index in [9.17, 15) is 8.42 Å². The van der Waals surface area contributed by atoms with Gasteiger partial charge in [0.25, 0.3) is 10.0 Å². The zero-order valence-electron chi connectivity index (χ0n) is 13.0. The van der Waals surface area contributed by atoms with E-state index in [-0.39, 0.29) is 4.90 Å². The van der Waals surface area contributed by atoms with Gasteiger partial charge in [0.1, 0.15) is 13.2 Å². The van der Waals surface area contributed by atoms with Crippen LogP contribution in [0.3, 0.4) is 0 Å². The maximum absolute atomic E-state index is 12.5. The molecule has 2 aromatic carbocycles. The molecular weight excluding hydrogens is 350 g/mol. The maximum Gasteiger partial charge on any atom is 0.261 e. The average Bonchev–Trinajstić information content (AvgIpc) is 2.60. The molecule has 1 aliphatic rings. The van der Waals surface area contributed by atoms with Crippen LogP contribution in [0.5, 0.6) is 11.5 Å². The van der Waals surface area contributed by atoms with Crippen LogP contribution in [0.15, 0.2) is 47.4 Å². The molecule has 1 N–H and O–H groups in total. The first kappa shape index (κ1) is 16.9. The first-order chi connectivity index (χ1) is 11.6. The topological polar surface area (TPSA) is 64.6 Å². The second-order valence-corrected chi connectivity index (χ2v) is 7.46. The lowest BCUT2D eigenvalue weighted by molar-refractivity contribution is 0.171. The molecule has 0 saturated carbocycles. The van der Waals surface area contributed by atoms with Crippen molar-refractivity contribution in [3.63, 3.8) is 0 Å². The number of aryl methyl sites for hydroxylation is 1. The van der Waals surface area contributed by atoms with Crippen molar-refractivity contribution in [2.75, 3.05) is 23.8 Å². The van der Waals surface area contributed by atoms with Crippen molar-refractivity contribution in [3.8, 4) is 11.5 Å². The minimum Gasteiger partial charge on any atom is -0.486 e. The van der Waals surface area contributed by atoms with E-state index in [1.807, 2.05) is 12.1 Å². The summed E-state index contributed by atoms with van der Waals surface area (Å²) < 4.78 is 38.4. The molecule has 128 valence electrons. The van der Waals surface area contributed by atoms with Gasteiger partial charge in [-0.15, -0.1) is 11.6 Å². The van der Waals surface area contributed by atoms with Crippen LogP contribution in [0.4, 0.5) is 5.69 Å². The molecule has 0 aliphatic carbocycles. The Bertz CT molecular complexity index is 806. The largest absolute Gasteiger partial charge is 0.486 e. The lowest BCUT2D eigenvalue weighted by Gasteiger charge is -2.19. The fourth-order valence-electron chi connectivity index (χ4n) is 2.43. The fourth-order valence-corrected chi connectivity index (χ4v) is 3.61. The normalized spacial score (nSPS) is 13.5. The molecule has 0 spiro atoms. The van der Waals surface area contributed by atoms with E-state index in [0.717, 1.165) is 18.4 Å². The SMILES string of the molecule is O=S(=O)(Nc1ccc2c(c1)OCCO2)c1ccc(CCCCl)cc1. The van der Waals surface area contributed by atoms with E-state index in [1.165, 1.54) is 0 Å². The Balaban J connectivity index is 1.76. The number of anilines is 1. The molecule has 0 atom stereocenters. The molecule has 7 heteroatoms. The second kappa shape index (κ2) is 7.32. The van der Waals surface area contributed by atoms with Gasteiger partial charge in [-0.3, -0.25) is 4.72 Å². The van der Waals surface area contributed by atoms with E-state index in [4.69, 9.17) is 21.1 Å². The number of alkyl halides is 1. The quantitative estimate of drug-likeness (QED) is 0.794. The number of hydrogen-bond donors (Lipinski definition) is 1. The predicted molar refractivity (Wildman–Crippen MR) is 93.7 cm³/mol. The number of hydrogen-bond acceptors (Lipinski definition) is 4. The highest BCUT2D eigenvalue weighted by Crippen LogP contribution is 2.33. The highest BCUT2D eigenvalue weighted by atomic mass is 35.5. The van der Waals surface area contributed by atoms with Crippen molar-refractivity contribution in [1.82, 2.24) is 0 Å². The molecule has 0 aromatic heterocycles. The first-order valence-electron chi connectivity index (χ1n) is 7.66. The van der Waals surface area contributed by atoms with Crippen LogP contribution >= 0.6 is 11.6 Å². The van der Waals surface area contributed by atoms with Gasteiger partial charge < -0.3 is 9.47 Å². The van der Waals surface area contributed by atoms with Gasteiger partial charge >= 0.3 is 0 Å². The summed E-state index contributed by atoms with van der Waals surface area (Å²) in [5.41, 5.74) is 1.50. The Morgan fingerprint density at radius 3 is 2.42 bits per heavy atom. The summed E-state index contributed by atoms with van der Waals surface area (Å²) in [6, 6.07) is 11.8. The van der Waals surface area contributed by atoms with Gasteiger partial charge in [0, 0.05) is 11.9 Å². The summed E-state index contributed by atoms with van der Waals surface area (Å²) >= 11 is 5.67. The van der Waals surface area contributed by atoms with Gasteiger partial charge in [0.15, 0.2) is 11.5 Å². The van der Waals surface area contributed by atoms with E-state index in [1.54, 1.807) is 30.3 Å². The number of rotatable bonds is 6. The summed E-state index contributed by atoms with van der Waals surface area (Å²) in [7, 11) is -3.65. The summed E-state index contributed by atoms with van der Waals surface area (Å²) in [4.78, 5) is 0.215. The number of nitrogens with one attached hydrogen (secondary N) is 1. The van der Waals surface area contributed by atoms with Crippen molar-refractivity contribution in [3.05, 3.63) is 48.0 Å². The first-order valence-corrected chi connectivity index (χ1v) is 9.68. The van der Waals surface area contributed by atoms with Gasteiger partial charge in [-0.2, -0.15) is 0 Å². The molecule has 0 amide bonds. The molecule has 5 nitrogen and oxygen atoms in total. The van der Waals surface area contributed by atoms with Crippen molar-refractivity contribution in [2.24, 2.45) is 0 Å². The van der Waals surface area contributed by atoms with E-state index >= 15 is 0 Å². The van der Waals surface area contributed by atoms with E-state index < -0.39 is 10.0 Å². The molecule has 2 aromatic rings. The van der Waals surface area contributed by atoms with Gasteiger partial charge in [-0.1, -0.05) is 12.1 Å². The van der Waals surface area contributed by atoms with Gasteiger partial charge in [0.2, 0.25) is 0 Å². The van der Waals surface area contributed by atoms with Crippen LogP contribution in [0.1, 0.15) is 12.0 Å². The fraction of sp³-hybridized carbons (Fsp3) is 0.294. The highest BCUT2D eigenvalue weighted by Gasteiger charge is 2.17. The third kappa shape index (κ3) is 3.94. The average molecular weight is 368 g/mol.